The maximum Gasteiger partial charge on any atom is 0.322 e. The molecular formula is C16H20N4O4S. The minimum atomic E-state index is -3.20. The fourth-order valence-corrected chi connectivity index (χ4v) is 3.89. The van der Waals surface area contributed by atoms with E-state index in [2.05, 4.69) is 15.5 Å². The van der Waals surface area contributed by atoms with Gasteiger partial charge < -0.3 is 4.42 Å². The molecule has 25 heavy (non-hydrogen) atoms. The normalized spacial score (nSPS) is 16.7. The highest BCUT2D eigenvalue weighted by molar-refractivity contribution is 7.89. The first-order valence-electron chi connectivity index (χ1n) is 8.17. The van der Waals surface area contributed by atoms with Gasteiger partial charge in [0.15, 0.2) is 0 Å². The van der Waals surface area contributed by atoms with E-state index in [9.17, 15) is 13.2 Å². The van der Waals surface area contributed by atoms with Crippen LogP contribution in [0.3, 0.4) is 0 Å². The zero-order valence-corrected chi connectivity index (χ0v) is 14.7. The molecule has 0 bridgehead atoms. The molecule has 8 nitrogen and oxygen atoms in total. The van der Waals surface area contributed by atoms with E-state index in [0.29, 0.717) is 31.8 Å². The quantitative estimate of drug-likeness (QED) is 0.866. The number of piperidine rings is 1. The van der Waals surface area contributed by atoms with Crippen molar-refractivity contribution in [1.29, 1.82) is 0 Å². The van der Waals surface area contributed by atoms with Crippen molar-refractivity contribution in [3.05, 3.63) is 30.3 Å². The molecule has 1 aromatic carbocycles. The molecule has 1 amide bonds. The summed E-state index contributed by atoms with van der Waals surface area (Å²) < 4.78 is 30.6. The van der Waals surface area contributed by atoms with Gasteiger partial charge in [-0.25, -0.2) is 12.7 Å². The van der Waals surface area contributed by atoms with Crippen LogP contribution in [0.25, 0.3) is 11.5 Å². The van der Waals surface area contributed by atoms with Crippen molar-refractivity contribution in [1.82, 2.24) is 14.5 Å². The average Bonchev–Trinajstić information content (AvgIpc) is 3.11. The third-order valence-corrected chi connectivity index (χ3v) is 6.14. The number of hydrogen-bond donors (Lipinski definition) is 1. The van der Waals surface area contributed by atoms with Gasteiger partial charge >= 0.3 is 6.01 Å². The van der Waals surface area contributed by atoms with Crippen molar-refractivity contribution in [2.45, 2.75) is 19.8 Å². The van der Waals surface area contributed by atoms with Gasteiger partial charge in [0, 0.05) is 24.6 Å². The Labute approximate surface area is 146 Å². The van der Waals surface area contributed by atoms with Crippen LogP contribution in [0.15, 0.2) is 34.7 Å². The Hall–Kier alpha value is -2.26. The van der Waals surface area contributed by atoms with E-state index in [1.165, 1.54) is 4.31 Å². The lowest BCUT2D eigenvalue weighted by Crippen LogP contribution is -2.42. The Bertz CT molecular complexity index is 827. The van der Waals surface area contributed by atoms with Crippen molar-refractivity contribution >= 4 is 21.9 Å². The summed E-state index contributed by atoms with van der Waals surface area (Å²) in [5.41, 5.74) is 0.772. The predicted molar refractivity (Wildman–Crippen MR) is 92.1 cm³/mol. The SMILES string of the molecule is CCS(=O)(=O)N1CCC(C(=O)Nc2nnc(-c3ccccc3)o2)CC1. The number of rotatable bonds is 5. The van der Waals surface area contributed by atoms with Crippen LogP contribution in [0.2, 0.25) is 0 Å². The molecule has 1 aliphatic heterocycles. The number of sulfonamides is 1. The molecule has 134 valence electrons. The van der Waals surface area contributed by atoms with Gasteiger partial charge in [-0.2, -0.15) is 0 Å². The zero-order valence-electron chi connectivity index (χ0n) is 13.9. The van der Waals surface area contributed by atoms with E-state index in [1.54, 1.807) is 6.92 Å². The number of amides is 1. The predicted octanol–water partition coefficient (Wildman–Crippen LogP) is 1.74. The lowest BCUT2D eigenvalue weighted by molar-refractivity contribution is -0.121. The molecule has 0 radical (unpaired) electrons. The standard InChI is InChI=1S/C16H20N4O4S/c1-2-25(22,23)20-10-8-12(9-11-20)14(21)17-16-19-18-15(24-16)13-6-4-3-5-7-13/h3-7,12H,2,8-11H2,1H3,(H,17,19,21). The van der Waals surface area contributed by atoms with Crippen molar-refractivity contribution in [2.24, 2.45) is 5.92 Å². The summed E-state index contributed by atoms with van der Waals surface area (Å²) in [7, 11) is -3.20. The van der Waals surface area contributed by atoms with E-state index in [4.69, 9.17) is 4.42 Å². The number of carbonyl (C=O) groups excluding carboxylic acids is 1. The molecule has 0 atom stereocenters. The largest absolute Gasteiger partial charge is 0.403 e. The summed E-state index contributed by atoms with van der Waals surface area (Å²) in [6.45, 7) is 2.33. The molecule has 3 rings (SSSR count). The van der Waals surface area contributed by atoms with Crippen molar-refractivity contribution < 1.29 is 17.6 Å². The molecule has 0 saturated carbocycles. The molecular weight excluding hydrogens is 344 g/mol. The Balaban J connectivity index is 1.58. The van der Waals surface area contributed by atoms with Gasteiger partial charge in [-0.1, -0.05) is 23.3 Å². The summed E-state index contributed by atoms with van der Waals surface area (Å²) in [5.74, 6) is -0.0827. The number of nitrogens with one attached hydrogen (secondary N) is 1. The van der Waals surface area contributed by atoms with Gasteiger partial charge in [-0.05, 0) is 31.9 Å². The Kier molecular flexibility index (Phi) is 5.14. The van der Waals surface area contributed by atoms with Crippen LogP contribution < -0.4 is 5.32 Å². The first-order valence-corrected chi connectivity index (χ1v) is 9.78. The van der Waals surface area contributed by atoms with Crippen LogP contribution in [0.1, 0.15) is 19.8 Å². The topological polar surface area (TPSA) is 105 Å². The minimum Gasteiger partial charge on any atom is -0.403 e. The molecule has 0 spiro atoms. The summed E-state index contributed by atoms with van der Waals surface area (Å²) in [6.07, 6.45) is 0.954. The maximum absolute atomic E-state index is 12.3. The minimum absolute atomic E-state index is 0.0486. The molecule has 9 heteroatoms. The van der Waals surface area contributed by atoms with Crippen LogP contribution >= 0.6 is 0 Å². The highest BCUT2D eigenvalue weighted by atomic mass is 32.2. The van der Waals surface area contributed by atoms with Crippen molar-refractivity contribution in [3.8, 4) is 11.5 Å². The summed E-state index contributed by atoms with van der Waals surface area (Å²) >= 11 is 0. The fraction of sp³-hybridized carbons (Fsp3) is 0.438. The van der Waals surface area contributed by atoms with Gasteiger partial charge in [-0.15, -0.1) is 5.10 Å². The van der Waals surface area contributed by atoms with E-state index >= 15 is 0 Å². The Morgan fingerprint density at radius 3 is 2.56 bits per heavy atom. The van der Waals surface area contributed by atoms with E-state index in [-0.39, 0.29) is 23.6 Å². The lowest BCUT2D eigenvalue weighted by atomic mass is 9.97. The molecule has 1 N–H and O–H groups in total. The van der Waals surface area contributed by atoms with E-state index < -0.39 is 10.0 Å². The lowest BCUT2D eigenvalue weighted by Gasteiger charge is -2.29. The van der Waals surface area contributed by atoms with Crippen LogP contribution in [0.5, 0.6) is 0 Å². The number of hydrogen-bond acceptors (Lipinski definition) is 6. The molecule has 1 aromatic heterocycles. The second kappa shape index (κ2) is 7.32. The van der Waals surface area contributed by atoms with E-state index in [1.807, 2.05) is 30.3 Å². The molecule has 1 saturated heterocycles. The maximum atomic E-state index is 12.3. The Morgan fingerprint density at radius 2 is 1.92 bits per heavy atom. The van der Waals surface area contributed by atoms with Crippen LogP contribution in [0, 0.1) is 5.92 Å². The first-order chi connectivity index (χ1) is 12.0. The smallest absolute Gasteiger partial charge is 0.322 e. The van der Waals surface area contributed by atoms with Gasteiger partial charge in [-0.3, -0.25) is 10.1 Å². The number of nitrogens with zero attached hydrogens (tertiary/aromatic N) is 3. The molecule has 2 heterocycles. The summed E-state index contributed by atoms with van der Waals surface area (Å²) in [6, 6.07) is 9.32. The number of benzene rings is 1. The summed E-state index contributed by atoms with van der Waals surface area (Å²) in [5, 5.41) is 10.4. The van der Waals surface area contributed by atoms with Crippen LogP contribution in [0.4, 0.5) is 6.01 Å². The second-order valence-corrected chi connectivity index (χ2v) is 8.10. The van der Waals surface area contributed by atoms with Gasteiger partial charge in [0.1, 0.15) is 0 Å². The molecule has 1 fully saturated rings. The third kappa shape index (κ3) is 4.05. The average molecular weight is 364 g/mol. The van der Waals surface area contributed by atoms with Gasteiger partial charge in [0.25, 0.3) is 0 Å². The fourth-order valence-electron chi connectivity index (χ4n) is 2.76. The molecule has 1 aliphatic rings. The van der Waals surface area contributed by atoms with Gasteiger partial charge in [0.05, 0.1) is 5.75 Å². The second-order valence-electron chi connectivity index (χ2n) is 5.84. The number of aromatic nitrogens is 2. The van der Waals surface area contributed by atoms with Crippen molar-refractivity contribution in [2.75, 3.05) is 24.2 Å². The number of carbonyl (C=O) groups is 1. The molecule has 2 aromatic rings. The van der Waals surface area contributed by atoms with Crippen molar-refractivity contribution in [3.63, 3.8) is 0 Å². The number of anilines is 1. The highest BCUT2D eigenvalue weighted by Crippen LogP contribution is 2.23. The van der Waals surface area contributed by atoms with Crippen LogP contribution in [-0.4, -0.2) is 47.7 Å². The Morgan fingerprint density at radius 1 is 1.24 bits per heavy atom. The van der Waals surface area contributed by atoms with E-state index in [0.717, 1.165) is 5.56 Å². The molecule has 0 unspecified atom stereocenters. The first kappa shape index (κ1) is 17.6. The highest BCUT2D eigenvalue weighted by Gasteiger charge is 2.30. The third-order valence-electron chi connectivity index (χ3n) is 4.26. The monoisotopic (exact) mass is 364 g/mol. The summed E-state index contributed by atoms with van der Waals surface area (Å²) in [4.78, 5) is 12.3. The molecule has 0 aliphatic carbocycles. The van der Waals surface area contributed by atoms with Crippen LogP contribution in [-0.2, 0) is 14.8 Å². The van der Waals surface area contributed by atoms with Gasteiger partial charge in [0.2, 0.25) is 21.8 Å². The zero-order chi connectivity index (χ0) is 17.9.